The van der Waals surface area contributed by atoms with Crippen LogP contribution in [0.5, 0.6) is 5.75 Å². The highest BCUT2D eigenvalue weighted by molar-refractivity contribution is 5.88. The molecule has 4 aromatic rings. The molecule has 0 amide bonds. The number of aromatic nitrogens is 2. The Morgan fingerprint density at radius 2 is 1.97 bits per heavy atom. The van der Waals surface area contributed by atoms with Gasteiger partial charge in [0.25, 0.3) is 0 Å². The van der Waals surface area contributed by atoms with Gasteiger partial charge in [-0.1, -0.05) is 24.3 Å². The third-order valence-electron chi connectivity index (χ3n) is 5.99. The largest absolute Gasteiger partial charge is 0.488 e. The molecule has 3 aromatic carbocycles. The second-order valence-electron chi connectivity index (χ2n) is 8.17. The van der Waals surface area contributed by atoms with Crippen molar-refractivity contribution in [3.8, 4) is 11.8 Å². The number of halogens is 1. The maximum atomic E-state index is 13.9. The van der Waals surface area contributed by atoms with E-state index in [4.69, 9.17) is 9.72 Å². The van der Waals surface area contributed by atoms with Crippen molar-refractivity contribution >= 4 is 16.6 Å². The molecular formula is C27H23FN4O. The predicted octanol–water partition coefficient (Wildman–Crippen LogP) is 5.18. The molecule has 5 rings (SSSR count). The Hall–Kier alpha value is -3.95. The number of nitrogens with zero attached hydrogens (tertiary/aromatic N) is 3. The lowest BCUT2D eigenvalue weighted by atomic mass is 9.90. The number of para-hydroxylation sites is 2. The Bertz CT molecular complexity index is 1440. The third-order valence-corrected chi connectivity index (χ3v) is 5.99. The lowest BCUT2D eigenvalue weighted by molar-refractivity contribution is 0.305. The van der Waals surface area contributed by atoms with Crippen LogP contribution < -0.4 is 10.1 Å². The van der Waals surface area contributed by atoms with Crippen molar-refractivity contribution in [3.63, 3.8) is 0 Å². The van der Waals surface area contributed by atoms with Gasteiger partial charge >= 0.3 is 0 Å². The van der Waals surface area contributed by atoms with E-state index in [0.29, 0.717) is 31.0 Å². The number of fused-ring (bicyclic) bond motifs is 3. The molecule has 1 N–H and O–H groups in total. The van der Waals surface area contributed by atoms with Crippen molar-refractivity contribution in [1.29, 1.82) is 5.26 Å². The summed E-state index contributed by atoms with van der Waals surface area (Å²) < 4.78 is 22.1. The minimum Gasteiger partial charge on any atom is -0.488 e. The standard InChI is InChI=1S/C27H23FN4O/c1-17(13-29)27-21-9-7-18(11-19(21)16-33-25-12-20(28)8-10-22(25)27)15-32-24-6-4-3-5-23(24)31-26(32)14-30-2/h3-12,30H,14-16H2,1-2H3/b27-17-. The van der Waals surface area contributed by atoms with Crippen LogP contribution in [0.15, 0.2) is 66.2 Å². The van der Waals surface area contributed by atoms with E-state index in [2.05, 4.69) is 34.2 Å². The minimum atomic E-state index is -0.363. The summed E-state index contributed by atoms with van der Waals surface area (Å²) in [4.78, 5) is 4.78. The quantitative estimate of drug-likeness (QED) is 0.446. The van der Waals surface area contributed by atoms with Crippen LogP contribution in [-0.4, -0.2) is 16.6 Å². The Morgan fingerprint density at radius 1 is 1.15 bits per heavy atom. The van der Waals surface area contributed by atoms with Crippen LogP contribution in [0.25, 0.3) is 16.6 Å². The van der Waals surface area contributed by atoms with Crippen LogP contribution in [0, 0.1) is 17.1 Å². The van der Waals surface area contributed by atoms with E-state index in [0.717, 1.165) is 44.7 Å². The molecule has 5 nitrogen and oxygen atoms in total. The fourth-order valence-corrected chi connectivity index (χ4v) is 4.47. The average Bonchev–Trinajstić information content (AvgIpc) is 3.07. The van der Waals surface area contributed by atoms with Crippen LogP contribution >= 0.6 is 0 Å². The van der Waals surface area contributed by atoms with Gasteiger partial charge < -0.3 is 14.6 Å². The Balaban J connectivity index is 1.60. The fraction of sp³-hybridized carbons (Fsp3) is 0.185. The lowest BCUT2D eigenvalue weighted by Gasteiger charge is -2.14. The number of rotatable bonds is 4. The Labute approximate surface area is 191 Å². The monoisotopic (exact) mass is 438 g/mol. The number of benzene rings is 3. The summed E-state index contributed by atoms with van der Waals surface area (Å²) in [6.45, 7) is 3.41. The zero-order valence-electron chi connectivity index (χ0n) is 18.5. The summed E-state index contributed by atoms with van der Waals surface area (Å²) >= 11 is 0. The van der Waals surface area contributed by atoms with Crippen molar-refractivity contribution in [2.75, 3.05) is 7.05 Å². The molecule has 0 atom stereocenters. The van der Waals surface area contributed by atoms with Gasteiger partial charge in [-0.25, -0.2) is 9.37 Å². The first-order valence-electron chi connectivity index (χ1n) is 10.8. The van der Waals surface area contributed by atoms with Gasteiger partial charge in [-0.2, -0.15) is 5.26 Å². The van der Waals surface area contributed by atoms with E-state index in [1.165, 1.54) is 12.1 Å². The molecular weight excluding hydrogens is 415 g/mol. The van der Waals surface area contributed by atoms with Crippen molar-refractivity contribution in [3.05, 3.63) is 100 Å². The molecule has 0 aliphatic carbocycles. The smallest absolute Gasteiger partial charge is 0.130 e. The second-order valence-corrected chi connectivity index (χ2v) is 8.17. The normalized spacial score (nSPS) is 14.1. The third kappa shape index (κ3) is 3.77. The minimum absolute atomic E-state index is 0.301. The van der Waals surface area contributed by atoms with Gasteiger partial charge in [0, 0.05) is 29.3 Å². The van der Waals surface area contributed by atoms with Gasteiger partial charge in [-0.3, -0.25) is 0 Å². The summed E-state index contributed by atoms with van der Waals surface area (Å²) in [5.74, 6) is 1.06. The summed E-state index contributed by atoms with van der Waals surface area (Å²) in [5, 5.41) is 12.9. The highest BCUT2D eigenvalue weighted by atomic mass is 19.1. The molecule has 1 aliphatic heterocycles. The zero-order valence-corrected chi connectivity index (χ0v) is 18.5. The van der Waals surface area contributed by atoms with E-state index in [9.17, 15) is 9.65 Å². The molecule has 1 aliphatic rings. The first-order valence-corrected chi connectivity index (χ1v) is 10.8. The molecule has 0 radical (unpaired) electrons. The Morgan fingerprint density at radius 3 is 2.79 bits per heavy atom. The summed E-state index contributed by atoms with van der Waals surface area (Å²) in [6, 6.07) is 21.1. The van der Waals surface area contributed by atoms with E-state index >= 15 is 0 Å². The number of imidazole rings is 1. The van der Waals surface area contributed by atoms with Crippen molar-refractivity contribution < 1.29 is 9.13 Å². The second kappa shape index (κ2) is 8.53. The molecule has 0 saturated carbocycles. The number of nitriles is 1. The maximum Gasteiger partial charge on any atom is 0.130 e. The molecule has 0 unspecified atom stereocenters. The highest BCUT2D eigenvalue weighted by Gasteiger charge is 2.22. The molecule has 0 fully saturated rings. The summed E-state index contributed by atoms with van der Waals surface area (Å²) in [5.41, 5.74) is 7.14. The first-order chi connectivity index (χ1) is 16.1. The summed E-state index contributed by atoms with van der Waals surface area (Å²) in [6.07, 6.45) is 0. The van der Waals surface area contributed by atoms with Crippen molar-refractivity contribution in [2.45, 2.75) is 26.6 Å². The number of nitrogens with one attached hydrogen (secondary N) is 1. The molecule has 0 saturated heterocycles. The predicted molar refractivity (Wildman–Crippen MR) is 126 cm³/mol. The topological polar surface area (TPSA) is 62.9 Å². The average molecular weight is 439 g/mol. The van der Waals surface area contributed by atoms with Crippen molar-refractivity contribution in [2.24, 2.45) is 0 Å². The maximum absolute atomic E-state index is 13.9. The molecule has 33 heavy (non-hydrogen) atoms. The van der Waals surface area contributed by atoms with Gasteiger partial charge in [0.15, 0.2) is 0 Å². The van der Waals surface area contributed by atoms with Crippen LogP contribution in [0.4, 0.5) is 4.39 Å². The van der Waals surface area contributed by atoms with Crippen LogP contribution in [-0.2, 0) is 19.7 Å². The van der Waals surface area contributed by atoms with E-state index in [1.54, 1.807) is 13.0 Å². The van der Waals surface area contributed by atoms with Crippen LogP contribution in [0.3, 0.4) is 0 Å². The van der Waals surface area contributed by atoms with E-state index in [1.807, 2.05) is 31.3 Å². The van der Waals surface area contributed by atoms with E-state index in [-0.39, 0.29) is 5.82 Å². The van der Waals surface area contributed by atoms with Crippen molar-refractivity contribution in [1.82, 2.24) is 14.9 Å². The van der Waals surface area contributed by atoms with Gasteiger partial charge in [0.1, 0.15) is 24.0 Å². The number of hydrogen-bond donors (Lipinski definition) is 1. The lowest BCUT2D eigenvalue weighted by Crippen LogP contribution is -2.13. The number of allylic oxidation sites excluding steroid dienone is 1. The number of ether oxygens (including phenoxy) is 1. The zero-order chi connectivity index (χ0) is 22.9. The van der Waals surface area contributed by atoms with Crippen LogP contribution in [0.1, 0.15) is 35.0 Å². The van der Waals surface area contributed by atoms with E-state index < -0.39 is 0 Å². The first kappa shape index (κ1) is 20.9. The number of hydrogen-bond acceptors (Lipinski definition) is 4. The molecule has 164 valence electrons. The van der Waals surface area contributed by atoms with Gasteiger partial charge in [0.05, 0.1) is 23.6 Å². The molecule has 1 aromatic heterocycles. The Kier molecular flexibility index (Phi) is 5.41. The van der Waals surface area contributed by atoms with Gasteiger partial charge in [-0.15, -0.1) is 0 Å². The molecule has 2 heterocycles. The highest BCUT2D eigenvalue weighted by Crippen LogP contribution is 2.39. The summed E-state index contributed by atoms with van der Waals surface area (Å²) in [7, 11) is 1.91. The fourth-order valence-electron chi connectivity index (χ4n) is 4.47. The molecule has 0 spiro atoms. The van der Waals surface area contributed by atoms with Crippen LogP contribution in [0.2, 0.25) is 0 Å². The molecule has 0 bridgehead atoms. The van der Waals surface area contributed by atoms with Gasteiger partial charge in [-0.05, 0) is 61.0 Å². The van der Waals surface area contributed by atoms with Gasteiger partial charge in [0.2, 0.25) is 0 Å². The molecule has 6 heteroatoms. The SMILES string of the molecule is CNCc1nc2ccccc2n1Cc1ccc2c(c1)COc1cc(F)ccc1/C2=C(/C)C#N.